The molecule has 0 aliphatic heterocycles. The smallest absolute Gasteiger partial charge is 0.196 e. The molecular weight excluding hydrogens is 429 g/mol. The number of ketones is 1. The topological polar surface area (TPSA) is 47.8 Å². The Bertz CT molecular complexity index is 1170. The zero-order valence-corrected chi connectivity index (χ0v) is 17.7. The van der Waals surface area contributed by atoms with Crippen LogP contribution in [-0.2, 0) is 0 Å². The third-order valence-corrected chi connectivity index (χ3v) is 6.42. The molecule has 0 aliphatic carbocycles. The molecular formula is C21H15ClFN3OS2. The summed E-state index contributed by atoms with van der Waals surface area (Å²) in [5, 5.41) is 8.98. The summed E-state index contributed by atoms with van der Waals surface area (Å²) in [7, 11) is 0. The predicted octanol–water partition coefficient (Wildman–Crippen LogP) is 6.07. The molecule has 0 N–H and O–H groups in total. The molecule has 146 valence electrons. The van der Waals surface area contributed by atoms with Gasteiger partial charge in [0, 0.05) is 5.69 Å². The molecule has 0 amide bonds. The van der Waals surface area contributed by atoms with Crippen molar-refractivity contribution in [3.63, 3.8) is 0 Å². The molecule has 4 aromatic rings. The maximum absolute atomic E-state index is 14.4. The Labute approximate surface area is 180 Å². The summed E-state index contributed by atoms with van der Waals surface area (Å²) >= 11 is 8.43. The average molecular weight is 444 g/mol. The van der Waals surface area contributed by atoms with Gasteiger partial charge in [0.1, 0.15) is 5.82 Å². The second-order valence-corrected chi connectivity index (χ2v) is 8.93. The number of rotatable bonds is 6. The summed E-state index contributed by atoms with van der Waals surface area (Å²) in [6, 6.07) is 17.6. The van der Waals surface area contributed by atoms with Crippen molar-refractivity contribution in [3.8, 4) is 17.1 Å². The molecule has 8 heteroatoms. The minimum atomic E-state index is -0.380. The fourth-order valence-electron chi connectivity index (χ4n) is 2.77. The molecule has 0 saturated heterocycles. The van der Waals surface area contributed by atoms with Crippen LogP contribution in [0.15, 0.2) is 65.8 Å². The van der Waals surface area contributed by atoms with Crippen LogP contribution in [0, 0.1) is 12.7 Å². The standard InChI is InChI=1S/C21H15ClFN3OS2/c1-13-6-8-14(9-7-13)26-20(15-4-2-3-5-16(15)23)24-25-21(26)28-12-17(27)18-10-11-19(22)29-18/h2-11H,12H2,1H3. The SMILES string of the molecule is Cc1ccc(-n2c(SCC(=O)c3ccc(Cl)s3)nnc2-c2ccccc2F)cc1. The Morgan fingerprint density at radius 1 is 1.10 bits per heavy atom. The van der Waals surface area contributed by atoms with Crippen molar-refractivity contribution in [2.75, 3.05) is 5.75 Å². The van der Waals surface area contributed by atoms with Gasteiger partial charge in [-0.15, -0.1) is 21.5 Å². The lowest BCUT2D eigenvalue weighted by molar-refractivity contribution is 0.102. The van der Waals surface area contributed by atoms with Crippen LogP contribution in [0.3, 0.4) is 0 Å². The molecule has 0 aliphatic rings. The van der Waals surface area contributed by atoms with Gasteiger partial charge in [-0.3, -0.25) is 9.36 Å². The van der Waals surface area contributed by atoms with E-state index < -0.39 is 0 Å². The number of carbonyl (C=O) groups excluding carboxylic acids is 1. The van der Waals surface area contributed by atoms with Gasteiger partial charge < -0.3 is 0 Å². The number of hydrogen-bond donors (Lipinski definition) is 0. The number of halogens is 2. The van der Waals surface area contributed by atoms with E-state index in [2.05, 4.69) is 10.2 Å². The molecule has 2 aromatic heterocycles. The van der Waals surface area contributed by atoms with Crippen LogP contribution in [0.5, 0.6) is 0 Å². The third kappa shape index (κ3) is 4.27. The first kappa shape index (κ1) is 19.8. The largest absolute Gasteiger partial charge is 0.292 e. The fourth-order valence-corrected chi connectivity index (χ4v) is 4.68. The molecule has 2 aromatic carbocycles. The lowest BCUT2D eigenvalue weighted by Gasteiger charge is -2.11. The van der Waals surface area contributed by atoms with E-state index in [1.54, 1.807) is 34.9 Å². The molecule has 0 atom stereocenters. The predicted molar refractivity (Wildman–Crippen MR) is 116 cm³/mol. The highest BCUT2D eigenvalue weighted by molar-refractivity contribution is 7.99. The van der Waals surface area contributed by atoms with Gasteiger partial charge in [0.2, 0.25) is 0 Å². The van der Waals surface area contributed by atoms with Crippen molar-refractivity contribution < 1.29 is 9.18 Å². The van der Waals surface area contributed by atoms with E-state index in [-0.39, 0.29) is 17.4 Å². The van der Waals surface area contributed by atoms with Crippen LogP contribution in [0.1, 0.15) is 15.2 Å². The van der Waals surface area contributed by atoms with Crippen molar-refractivity contribution in [1.82, 2.24) is 14.8 Å². The summed E-state index contributed by atoms with van der Waals surface area (Å²) in [4.78, 5) is 13.1. The molecule has 0 bridgehead atoms. The molecule has 0 spiro atoms. The number of nitrogens with zero attached hydrogens (tertiary/aromatic N) is 3. The number of thioether (sulfide) groups is 1. The zero-order chi connectivity index (χ0) is 20.4. The molecule has 0 saturated carbocycles. The highest BCUT2D eigenvalue weighted by atomic mass is 35.5. The summed E-state index contributed by atoms with van der Waals surface area (Å²) in [5.41, 5.74) is 2.25. The lowest BCUT2D eigenvalue weighted by Crippen LogP contribution is -2.04. The van der Waals surface area contributed by atoms with Gasteiger partial charge in [0.15, 0.2) is 16.8 Å². The molecule has 0 radical (unpaired) electrons. The molecule has 2 heterocycles. The van der Waals surface area contributed by atoms with Gasteiger partial charge in [-0.1, -0.05) is 53.2 Å². The Morgan fingerprint density at radius 3 is 2.55 bits per heavy atom. The molecule has 0 unspecified atom stereocenters. The maximum Gasteiger partial charge on any atom is 0.196 e. The average Bonchev–Trinajstić information content (AvgIpc) is 3.34. The van der Waals surface area contributed by atoms with Crippen molar-refractivity contribution in [3.05, 3.63) is 81.3 Å². The van der Waals surface area contributed by atoms with Gasteiger partial charge in [-0.25, -0.2) is 4.39 Å². The van der Waals surface area contributed by atoms with Crippen LogP contribution in [0.25, 0.3) is 17.1 Å². The normalized spacial score (nSPS) is 11.0. The van der Waals surface area contributed by atoms with E-state index in [0.717, 1.165) is 11.3 Å². The summed E-state index contributed by atoms with van der Waals surface area (Å²) < 4.78 is 16.8. The van der Waals surface area contributed by atoms with Crippen LogP contribution < -0.4 is 0 Å². The quantitative estimate of drug-likeness (QED) is 0.268. The van der Waals surface area contributed by atoms with Crippen molar-refractivity contribution in [2.45, 2.75) is 12.1 Å². The van der Waals surface area contributed by atoms with Crippen LogP contribution in [0.2, 0.25) is 4.34 Å². The van der Waals surface area contributed by atoms with E-state index in [0.29, 0.717) is 25.8 Å². The number of benzene rings is 2. The highest BCUT2D eigenvalue weighted by Crippen LogP contribution is 2.30. The summed E-state index contributed by atoms with van der Waals surface area (Å²) in [6.07, 6.45) is 0. The van der Waals surface area contributed by atoms with Crippen molar-refractivity contribution in [2.24, 2.45) is 0 Å². The van der Waals surface area contributed by atoms with Gasteiger partial charge >= 0.3 is 0 Å². The van der Waals surface area contributed by atoms with Gasteiger partial charge in [0.05, 0.1) is 20.5 Å². The van der Waals surface area contributed by atoms with E-state index in [9.17, 15) is 9.18 Å². The van der Waals surface area contributed by atoms with Crippen molar-refractivity contribution >= 4 is 40.5 Å². The molecule has 0 fully saturated rings. The molecule has 4 nitrogen and oxygen atoms in total. The van der Waals surface area contributed by atoms with Gasteiger partial charge in [-0.05, 0) is 43.3 Å². The van der Waals surface area contributed by atoms with Gasteiger partial charge in [-0.2, -0.15) is 0 Å². The van der Waals surface area contributed by atoms with Gasteiger partial charge in [0.25, 0.3) is 0 Å². The minimum Gasteiger partial charge on any atom is -0.292 e. The number of hydrogen-bond acceptors (Lipinski definition) is 5. The first-order chi connectivity index (χ1) is 14.0. The molecule has 29 heavy (non-hydrogen) atoms. The number of Topliss-reactive ketones (excluding diaryl/α,β-unsaturated/α-hetero) is 1. The van der Waals surface area contributed by atoms with E-state index in [4.69, 9.17) is 11.6 Å². The van der Waals surface area contributed by atoms with E-state index >= 15 is 0 Å². The first-order valence-corrected chi connectivity index (χ1v) is 10.9. The van der Waals surface area contributed by atoms with E-state index in [1.807, 2.05) is 31.2 Å². The third-order valence-electron chi connectivity index (χ3n) is 4.22. The van der Waals surface area contributed by atoms with Crippen LogP contribution >= 0.6 is 34.7 Å². The zero-order valence-electron chi connectivity index (χ0n) is 15.3. The number of aromatic nitrogens is 3. The summed E-state index contributed by atoms with van der Waals surface area (Å²) in [5.74, 6) is 0.144. The maximum atomic E-state index is 14.4. The number of thiophene rings is 1. The highest BCUT2D eigenvalue weighted by Gasteiger charge is 2.20. The van der Waals surface area contributed by atoms with E-state index in [1.165, 1.54) is 29.2 Å². The monoisotopic (exact) mass is 443 g/mol. The van der Waals surface area contributed by atoms with Crippen LogP contribution in [-0.4, -0.2) is 26.3 Å². The Morgan fingerprint density at radius 2 is 1.86 bits per heavy atom. The molecule has 4 rings (SSSR count). The Hall–Kier alpha value is -2.48. The fraction of sp³-hybridized carbons (Fsp3) is 0.0952. The number of aryl methyl sites for hydroxylation is 1. The lowest BCUT2D eigenvalue weighted by atomic mass is 10.2. The van der Waals surface area contributed by atoms with Crippen LogP contribution in [0.4, 0.5) is 4.39 Å². The Kier molecular flexibility index (Phi) is 5.80. The summed E-state index contributed by atoms with van der Waals surface area (Å²) in [6.45, 7) is 1.99. The second-order valence-electron chi connectivity index (χ2n) is 6.27. The van der Waals surface area contributed by atoms with Crippen molar-refractivity contribution in [1.29, 1.82) is 0 Å². The Balaban J connectivity index is 1.71. The minimum absolute atomic E-state index is 0.0437. The number of carbonyl (C=O) groups is 1. The first-order valence-electron chi connectivity index (χ1n) is 8.71. The second kappa shape index (κ2) is 8.49.